The van der Waals surface area contributed by atoms with Gasteiger partial charge >= 0.3 is 0 Å². The molecule has 0 aliphatic rings. The summed E-state index contributed by atoms with van der Waals surface area (Å²) in [4.78, 5) is 12.5. The lowest BCUT2D eigenvalue weighted by atomic mass is 10.1. The zero-order valence-electron chi connectivity index (χ0n) is 16.1. The third kappa shape index (κ3) is 4.44. The predicted octanol–water partition coefficient (Wildman–Crippen LogP) is 4.71. The number of hydrogen-bond acceptors (Lipinski definition) is 6. The quantitative estimate of drug-likeness (QED) is 0.302. The Balaban J connectivity index is 1.59. The maximum Gasteiger partial charge on any atom is 0.192 e. The number of ether oxygens (including phenoxy) is 1. The molecule has 0 saturated heterocycles. The second-order valence-corrected chi connectivity index (χ2v) is 7.36. The Labute approximate surface area is 176 Å². The van der Waals surface area contributed by atoms with Crippen molar-refractivity contribution in [2.45, 2.75) is 11.7 Å². The van der Waals surface area contributed by atoms with Gasteiger partial charge in [-0.1, -0.05) is 11.8 Å². The van der Waals surface area contributed by atoms with Gasteiger partial charge in [-0.25, -0.2) is 4.39 Å². The molecule has 0 N–H and O–H groups in total. The first-order valence-electron chi connectivity index (χ1n) is 9.15. The van der Waals surface area contributed by atoms with E-state index >= 15 is 0 Å². The molecule has 0 radical (unpaired) electrons. The van der Waals surface area contributed by atoms with Gasteiger partial charge in [-0.05, 0) is 60.7 Å². The predicted molar refractivity (Wildman–Crippen MR) is 111 cm³/mol. The minimum absolute atomic E-state index is 0.112. The van der Waals surface area contributed by atoms with E-state index in [1.54, 1.807) is 13.4 Å². The molecule has 0 spiro atoms. The average molecular weight is 423 g/mol. The van der Waals surface area contributed by atoms with Gasteiger partial charge in [0.05, 0.1) is 25.7 Å². The molecular weight excluding hydrogens is 405 g/mol. The molecular formula is C22H18FN3O3S. The molecule has 0 aliphatic carbocycles. The standard InChI is InChI=1S/C22H18FN3O3S/c1-28-18-10-6-16(7-11-18)21-24-25-22(26(21)13-19-3-2-12-29-19)30-14-20(27)15-4-8-17(23)9-5-15/h2-12H,13-14H2,1H3. The van der Waals surface area contributed by atoms with Crippen LogP contribution in [0.5, 0.6) is 5.75 Å². The van der Waals surface area contributed by atoms with Crippen molar-refractivity contribution >= 4 is 17.5 Å². The van der Waals surface area contributed by atoms with Crippen molar-refractivity contribution in [1.82, 2.24) is 14.8 Å². The third-order valence-corrected chi connectivity index (χ3v) is 5.42. The number of thioether (sulfide) groups is 1. The van der Waals surface area contributed by atoms with Crippen LogP contribution in [0.1, 0.15) is 16.1 Å². The van der Waals surface area contributed by atoms with E-state index < -0.39 is 0 Å². The van der Waals surface area contributed by atoms with Crippen LogP contribution in [0.15, 0.2) is 76.5 Å². The highest BCUT2D eigenvalue weighted by Crippen LogP contribution is 2.27. The molecule has 8 heteroatoms. The summed E-state index contributed by atoms with van der Waals surface area (Å²) in [6.07, 6.45) is 1.61. The molecule has 0 saturated carbocycles. The lowest BCUT2D eigenvalue weighted by Crippen LogP contribution is -2.06. The lowest BCUT2D eigenvalue weighted by molar-refractivity contribution is 0.102. The first kappa shape index (κ1) is 19.9. The monoisotopic (exact) mass is 423 g/mol. The van der Waals surface area contributed by atoms with E-state index in [0.29, 0.717) is 23.1 Å². The number of Topliss-reactive ketones (excluding diaryl/α,β-unsaturated/α-hetero) is 1. The van der Waals surface area contributed by atoms with Gasteiger partial charge in [0.2, 0.25) is 0 Å². The molecule has 0 amide bonds. The van der Waals surface area contributed by atoms with Crippen LogP contribution in [-0.4, -0.2) is 33.4 Å². The minimum atomic E-state index is -0.374. The maximum absolute atomic E-state index is 13.1. The Morgan fingerprint density at radius 2 is 1.87 bits per heavy atom. The van der Waals surface area contributed by atoms with Gasteiger partial charge in [0.15, 0.2) is 16.8 Å². The van der Waals surface area contributed by atoms with Crippen LogP contribution < -0.4 is 4.74 Å². The first-order valence-corrected chi connectivity index (χ1v) is 10.1. The summed E-state index contributed by atoms with van der Waals surface area (Å²) in [6.45, 7) is 0.425. The maximum atomic E-state index is 13.1. The number of carbonyl (C=O) groups is 1. The van der Waals surface area contributed by atoms with Crippen molar-refractivity contribution in [3.8, 4) is 17.1 Å². The van der Waals surface area contributed by atoms with Crippen LogP contribution in [0.3, 0.4) is 0 Å². The van der Waals surface area contributed by atoms with Gasteiger partial charge < -0.3 is 9.15 Å². The molecule has 2 aromatic carbocycles. The normalized spacial score (nSPS) is 10.9. The summed E-state index contributed by atoms with van der Waals surface area (Å²) >= 11 is 1.28. The molecule has 0 unspecified atom stereocenters. The molecule has 2 heterocycles. The van der Waals surface area contributed by atoms with E-state index in [2.05, 4.69) is 10.2 Å². The fourth-order valence-corrected chi connectivity index (χ4v) is 3.73. The smallest absolute Gasteiger partial charge is 0.192 e. The van der Waals surface area contributed by atoms with Gasteiger partial charge in [0, 0.05) is 11.1 Å². The van der Waals surface area contributed by atoms with E-state index in [-0.39, 0.29) is 17.4 Å². The topological polar surface area (TPSA) is 70.2 Å². The van der Waals surface area contributed by atoms with Crippen LogP contribution in [0.25, 0.3) is 11.4 Å². The number of rotatable bonds is 8. The van der Waals surface area contributed by atoms with Crippen molar-refractivity contribution in [2.24, 2.45) is 0 Å². The minimum Gasteiger partial charge on any atom is -0.497 e. The fraction of sp³-hybridized carbons (Fsp3) is 0.136. The van der Waals surface area contributed by atoms with Crippen LogP contribution in [-0.2, 0) is 6.54 Å². The summed E-state index contributed by atoms with van der Waals surface area (Å²) in [5.74, 6) is 1.82. The first-order chi connectivity index (χ1) is 14.6. The second-order valence-electron chi connectivity index (χ2n) is 6.42. The number of hydrogen-bond donors (Lipinski definition) is 0. The van der Waals surface area contributed by atoms with E-state index in [1.807, 2.05) is 41.0 Å². The van der Waals surface area contributed by atoms with E-state index in [4.69, 9.17) is 9.15 Å². The number of nitrogens with zero attached hydrogens (tertiary/aromatic N) is 3. The van der Waals surface area contributed by atoms with Crippen molar-refractivity contribution in [3.63, 3.8) is 0 Å². The molecule has 0 atom stereocenters. The van der Waals surface area contributed by atoms with Crippen LogP contribution in [0.4, 0.5) is 4.39 Å². The number of methoxy groups -OCH3 is 1. The largest absolute Gasteiger partial charge is 0.497 e. The Kier molecular flexibility index (Phi) is 5.94. The number of carbonyl (C=O) groups excluding carboxylic acids is 1. The zero-order chi connectivity index (χ0) is 20.9. The summed E-state index contributed by atoms with van der Waals surface area (Å²) < 4.78 is 25.7. The number of aromatic nitrogens is 3. The molecule has 0 aliphatic heterocycles. The van der Waals surface area contributed by atoms with E-state index in [9.17, 15) is 9.18 Å². The average Bonchev–Trinajstić information content (AvgIpc) is 3.43. The van der Waals surface area contributed by atoms with Gasteiger partial charge in [-0.15, -0.1) is 10.2 Å². The van der Waals surface area contributed by atoms with E-state index in [0.717, 1.165) is 17.1 Å². The van der Waals surface area contributed by atoms with Crippen molar-refractivity contribution in [2.75, 3.05) is 12.9 Å². The van der Waals surface area contributed by atoms with Gasteiger partial charge in [0.25, 0.3) is 0 Å². The van der Waals surface area contributed by atoms with Crippen molar-refractivity contribution in [1.29, 1.82) is 0 Å². The molecule has 152 valence electrons. The molecule has 0 bridgehead atoms. The number of furan rings is 1. The second kappa shape index (κ2) is 8.96. The molecule has 4 rings (SSSR count). The van der Waals surface area contributed by atoms with Crippen molar-refractivity contribution in [3.05, 3.63) is 84.1 Å². The molecule has 2 aromatic heterocycles. The van der Waals surface area contributed by atoms with Gasteiger partial charge in [-0.2, -0.15) is 0 Å². The third-order valence-electron chi connectivity index (χ3n) is 4.46. The SMILES string of the molecule is COc1ccc(-c2nnc(SCC(=O)c3ccc(F)cc3)n2Cc2ccco2)cc1. The molecule has 6 nitrogen and oxygen atoms in total. The molecule has 0 fully saturated rings. The molecule has 4 aromatic rings. The lowest BCUT2D eigenvalue weighted by Gasteiger charge is -2.09. The number of benzene rings is 2. The highest BCUT2D eigenvalue weighted by atomic mass is 32.2. The van der Waals surface area contributed by atoms with Crippen molar-refractivity contribution < 1.29 is 18.3 Å². The Bertz CT molecular complexity index is 1120. The van der Waals surface area contributed by atoms with E-state index in [1.165, 1.54) is 36.0 Å². The summed E-state index contributed by atoms with van der Waals surface area (Å²) in [6, 6.07) is 16.7. The van der Waals surface area contributed by atoms with Crippen LogP contribution in [0.2, 0.25) is 0 Å². The van der Waals surface area contributed by atoms with Gasteiger partial charge in [-0.3, -0.25) is 9.36 Å². The summed E-state index contributed by atoms with van der Waals surface area (Å²) in [5, 5.41) is 9.21. The van der Waals surface area contributed by atoms with Gasteiger partial charge in [0.1, 0.15) is 17.3 Å². The highest BCUT2D eigenvalue weighted by molar-refractivity contribution is 7.99. The Morgan fingerprint density at radius 3 is 2.53 bits per heavy atom. The number of halogens is 1. The Hall–Kier alpha value is -3.39. The molecule has 30 heavy (non-hydrogen) atoms. The summed E-state index contributed by atoms with van der Waals surface area (Å²) in [7, 11) is 1.61. The fourth-order valence-electron chi connectivity index (χ4n) is 2.90. The van der Waals surface area contributed by atoms with Crippen LogP contribution in [0, 0.1) is 5.82 Å². The van der Waals surface area contributed by atoms with Crippen LogP contribution >= 0.6 is 11.8 Å². The summed E-state index contributed by atoms with van der Waals surface area (Å²) in [5.41, 5.74) is 1.32. The number of ketones is 1. The Morgan fingerprint density at radius 1 is 1.10 bits per heavy atom. The highest BCUT2D eigenvalue weighted by Gasteiger charge is 2.17. The zero-order valence-corrected chi connectivity index (χ0v) is 16.9.